The van der Waals surface area contributed by atoms with Gasteiger partial charge in [-0.3, -0.25) is 9.59 Å². The van der Waals surface area contributed by atoms with Crippen molar-refractivity contribution in [2.24, 2.45) is 11.8 Å². The molecule has 5 aliphatic heterocycles. The van der Waals surface area contributed by atoms with Crippen molar-refractivity contribution in [2.75, 3.05) is 72.8 Å². The van der Waals surface area contributed by atoms with E-state index in [1.54, 1.807) is 36.7 Å². The van der Waals surface area contributed by atoms with Crippen LogP contribution in [0.4, 0.5) is 27.4 Å². The Kier molecular flexibility index (Phi) is 16.1. The quantitative estimate of drug-likeness (QED) is 0.0676. The van der Waals surface area contributed by atoms with Gasteiger partial charge in [0.1, 0.15) is 29.6 Å². The van der Waals surface area contributed by atoms with Gasteiger partial charge in [-0.25, -0.2) is 14.4 Å². The normalized spacial score (nSPS) is 24.2. The molecule has 6 aromatic rings. The second-order valence-corrected chi connectivity index (χ2v) is 24.8. The third-order valence-corrected chi connectivity index (χ3v) is 19.0. The second-order valence-electron chi connectivity index (χ2n) is 23.9. The minimum absolute atomic E-state index is 0.0236. The first-order valence-electron chi connectivity index (χ1n) is 29.3. The highest BCUT2D eigenvalue weighted by Crippen LogP contribution is 2.41. The molecule has 9 heterocycles. The van der Waals surface area contributed by atoms with Crippen LogP contribution in [-0.4, -0.2) is 152 Å². The largest absolute Gasteiger partial charge is 0.507 e. The summed E-state index contributed by atoms with van der Waals surface area (Å²) in [5, 5.41) is 37.3. The zero-order valence-corrected chi connectivity index (χ0v) is 48.0. The van der Waals surface area contributed by atoms with E-state index in [0.717, 1.165) is 119 Å². The van der Waals surface area contributed by atoms with E-state index >= 15 is 4.39 Å². The fourth-order valence-electron chi connectivity index (χ4n) is 13.5. The number of carbonyl (C=O) groups excluding carboxylic acids is 2. The Labute approximate surface area is 482 Å². The summed E-state index contributed by atoms with van der Waals surface area (Å²) in [4.78, 5) is 49.0. The monoisotopic (exact) mass is 1140 g/mol. The number of phenolic OH excluding ortho intramolecular Hbond substituents is 1. The average Bonchev–Trinajstić information content (AvgIpc) is 4.29. The Morgan fingerprint density at radius 1 is 0.854 bits per heavy atom. The molecule has 2 aromatic carbocycles. The SMILES string of the molecule is Cc1ncsc1-c1ccc([C@H](C)NC(=O)[C@@H]2C[C@@H](O)CN2C(=O)[C@H](c2cc(N3CCC(CN4CCC(OC5CC(Oc6cc(N7C8CCC7CN(c7cc(-c9ccccc9O)nnc7N)C8)ccn6)C5)CC4)CC3)no2)C(C)C)cc1F. The molecule has 6 atom stereocenters. The Morgan fingerprint density at radius 2 is 1.62 bits per heavy atom. The fraction of sp³-hybridized carbons (Fsp3) is 0.525. The number of likely N-dealkylation sites (tertiary alicyclic amines) is 2. The van der Waals surface area contributed by atoms with Crippen LogP contribution in [0.15, 0.2) is 83.0 Å². The van der Waals surface area contributed by atoms with Crippen LogP contribution >= 0.6 is 11.3 Å². The van der Waals surface area contributed by atoms with Gasteiger partial charge in [0.2, 0.25) is 17.7 Å². The molecular formula is C61H75FN12O7S. The number of aromatic nitrogens is 5. The number of benzene rings is 2. The number of ether oxygens (including phenoxy) is 2. The summed E-state index contributed by atoms with van der Waals surface area (Å²) >= 11 is 1.37. The number of aromatic hydroxyl groups is 1. The number of nitrogens with one attached hydrogen (secondary N) is 1. The zero-order chi connectivity index (χ0) is 56.8. The first-order chi connectivity index (χ1) is 39.7. The van der Waals surface area contributed by atoms with Gasteiger partial charge in [-0.2, -0.15) is 0 Å². The first kappa shape index (κ1) is 55.6. The summed E-state index contributed by atoms with van der Waals surface area (Å²) < 4.78 is 34.3. The maximum atomic E-state index is 15.3. The molecule has 2 unspecified atom stereocenters. The van der Waals surface area contributed by atoms with Crippen LogP contribution in [0.25, 0.3) is 21.7 Å². The molecule has 21 heteroatoms. The van der Waals surface area contributed by atoms with Gasteiger partial charge in [-0.15, -0.1) is 21.5 Å². The number of rotatable bonds is 17. The lowest BCUT2D eigenvalue weighted by molar-refractivity contribution is -0.141. The van der Waals surface area contributed by atoms with Crippen molar-refractivity contribution < 1.29 is 38.2 Å². The van der Waals surface area contributed by atoms with Gasteiger partial charge in [0.25, 0.3) is 0 Å². The molecule has 4 aromatic heterocycles. The van der Waals surface area contributed by atoms with Gasteiger partial charge in [-0.1, -0.05) is 43.3 Å². The number of hydrogen-bond donors (Lipinski definition) is 4. The number of nitrogens with zero attached hydrogens (tertiary/aromatic N) is 10. The number of carbonyl (C=O) groups is 2. The van der Waals surface area contributed by atoms with E-state index in [2.05, 4.69) is 62.4 Å². The summed E-state index contributed by atoms with van der Waals surface area (Å²) in [6.07, 6.45) is 9.57. The zero-order valence-electron chi connectivity index (χ0n) is 47.1. The van der Waals surface area contributed by atoms with Gasteiger partial charge in [-0.05, 0) is 100 Å². The van der Waals surface area contributed by atoms with Crippen molar-refractivity contribution in [1.29, 1.82) is 0 Å². The highest BCUT2D eigenvalue weighted by Gasteiger charge is 2.45. The number of fused-ring (bicyclic) bond motifs is 2. The number of halogens is 1. The van der Waals surface area contributed by atoms with Gasteiger partial charge in [0, 0.05) is 119 Å². The fourth-order valence-corrected chi connectivity index (χ4v) is 14.3. The smallest absolute Gasteiger partial charge is 0.243 e. The molecule has 0 radical (unpaired) electrons. The van der Waals surface area contributed by atoms with Crippen LogP contribution in [0, 0.1) is 24.6 Å². The molecule has 19 nitrogen and oxygen atoms in total. The molecule has 5 saturated heterocycles. The summed E-state index contributed by atoms with van der Waals surface area (Å²) in [7, 11) is 0. The van der Waals surface area contributed by atoms with Crippen molar-refractivity contribution in [3.8, 4) is 33.3 Å². The summed E-state index contributed by atoms with van der Waals surface area (Å²) in [6, 6.07) is 19.2. The number of hydrogen-bond acceptors (Lipinski definition) is 18. The number of thiazole rings is 1. The van der Waals surface area contributed by atoms with Crippen molar-refractivity contribution in [2.45, 2.75) is 140 Å². The van der Waals surface area contributed by atoms with Gasteiger partial charge >= 0.3 is 0 Å². The number of aliphatic hydroxyl groups is 1. The lowest BCUT2D eigenvalue weighted by atomic mass is 9.91. The van der Waals surface area contributed by atoms with E-state index < -0.39 is 35.8 Å². The first-order valence-corrected chi connectivity index (χ1v) is 30.2. The number of nitrogens with two attached hydrogens (primary N) is 1. The molecule has 82 heavy (non-hydrogen) atoms. The van der Waals surface area contributed by atoms with Crippen LogP contribution in [-0.2, 0) is 14.3 Å². The Hall–Kier alpha value is -6.94. The van der Waals surface area contributed by atoms with E-state index in [1.165, 1.54) is 22.3 Å². The minimum Gasteiger partial charge on any atom is -0.507 e. The van der Waals surface area contributed by atoms with Crippen LogP contribution in [0.1, 0.15) is 108 Å². The molecule has 5 N–H and O–H groups in total. The topological polar surface area (TPSA) is 225 Å². The van der Waals surface area contributed by atoms with E-state index in [4.69, 9.17) is 19.7 Å². The summed E-state index contributed by atoms with van der Waals surface area (Å²) in [5.41, 5.74) is 13.1. The van der Waals surface area contributed by atoms with Crippen LogP contribution in [0.2, 0.25) is 0 Å². The number of piperidine rings is 2. The molecule has 6 aliphatic rings. The lowest BCUT2D eigenvalue weighted by Crippen LogP contribution is -2.54. The number of nitrogen functional groups attached to an aromatic ring is 1. The third-order valence-electron chi connectivity index (χ3n) is 18.0. The average molecular weight is 1140 g/mol. The van der Waals surface area contributed by atoms with E-state index in [-0.39, 0.29) is 48.9 Å². The number of anilines is 4. The highest BCUT2D eigenvalue weighted by molar-refractivity contribution is 7.13. The number of aryl methyl sites for hydroxylation is 1. The Bertz CT molecular complexity index is 3220. The lowest BCUT2D eigenvalue weighted by Gasteiger charge is -2.43. The molecular weight excluding hydrogens is 1060 g/mol. The molecule has 6 fully saturated rings. The van der Waals surface area contributed by atoms with Crippen molar-refractivity contribution in [1.82, 2.24) is 40.4 Å². The molecule has 434 valence electrons. The number of β-amino-alcohol motifs (C(OH)–C–C–N with tert-alkyl or cyclic N) is 1. The van der Waals surface area contributed by atoms with Gasteiger partial charge in [0.05, 0.1) is 51.8 Å². The highest BCUT2D eigenvalue weighted by atomic mass is 32.1. The van der Waals surface area contributed by atoms with Crippen LogP contribution in [0.3, 0.4) is 0 Å². The molecule has 1 saturated carbocycles. The summed E-state index contributed by atoms with van der Waals surface area (Å²) in [6.45, 7) is 13.9. The predicted octanol–water partition coefficient (Wildman–Crippen LogP) is 8.13. The standard InChI is InChI=1S/C61H75FN12O7S/c1-35(2)57(61(78)73-33-43(75)25-52(73)60(77)66-36(3)39-9-12-47(49(62)23-39)58-37(4)65-34-82-58)54-29-55(69-81-54)71-21-14-38(15-22-71)30-70-19-16-44(17-20-70)79-45-26-46(27-45)80-56-24-40(13-18-64-56)74-41-10-11-42(74)32-72(31-41)51-28-50(67-68-59(51)63)48-7-5-6-8-53(48)76/h5-9,12-13,18,23-24,28-29,34-36,38,41-46,52,57,75-76H,10-11,14-17,19-22,25-27,30-33H2,1-4H3,(H2,63,68)(H,66,77)/t36-,41?,42?,43+,45?,46?,52-,57-/m0/s1. The summed E-state index contributed by atoms with van der Waals surface area (Å²) in [5.74, 6) is 0.936. The Balaban J connectivity index is 0.566. The number of aliphatic hydroxyl groups excluding tert-OH is 1. The molecule has 1 aliphatic carbocycles. The van der Waals surface area contributed by atoms with Crippen molar-refractivity contribution in [3.05, 3.63) is 101 Å². The van der Waals surface area contributed by atoms with E-state index in [9.17, 15) is 19.8 Å². The maximum Gasteiger partial charge on any atom is 0.243 e. The predicted molar refractivity (Wildman–Crippen MR) is 311 cm³/mol. The number of phenols is 1. The van der Waals surface area contributed by atoms with Gasteiger partial charge < -0.3 is 59.8 Å². The maximum absolute atomic E-state index is 15.3. The van der Waals surface area contributed by atoms with E-state index in [0.29, 0.717) is 63.7 Å². The minimum atomic E-state index is -0.898. The third kappa shape index (κ3) is 11.7. The van der Waals surface area contributed by atoms with Crippen molar-refractivity contribution in [3.63, 3.8) is 0 Å². The van der Waals surface area contributed by atoms with Crippen LogP contribution in [0.5, 0.6) is 11.6 Å². The molecule has 0 spiro atoms. The van der Waals surface area contributed by atoms with Gasteiger partial charge in [0.15, 0.2) is 17.4 Å². The van der Waals surface area contributed by atoms with Crippen LogP contribution < -0.4 is 30.5 Å². The second kappa shape index (κ2) is 23.7. The van der Waals surface area contributed by atoms with Crippen molar-refractivity contribution >= 4 is 46.2 Å². The number of piperazine rings is 1. The molecule has 12 rings (SSSR count). The number of pyridine rings is 1. The van der Waals surface area contributed by atoms with E-state index in [1.807, 2.05) is 51.2 Å². The Morgan fingerprint density at radius 3 is 2.34 bits per heavy atom. The molecule has 2 amide bonds. The molecule has 2 bridgehead atoms. The number of amides is 2. The number of para-hydroxylation sites is 1.